The van der Waals surface area contributed by atoms with Crippen molar-refractivity contribution in [2.75, 3.05) is 13.1 Å². The molecule has 0 atom stereocenters. The number of aliphatic hydroxyl groups is 1. The maximum atomic E-state index is 9.02. The minimum absolute atomic E-state index is 0.0975. The lowest BCUT2D eigenvalue weighted by Gasteiger charge is -2.03. The SMILES string of the molecule is CCCNCCc1cn(Cc2ccc(CO)cc2)cn1. The summed E-state index contributed by atoms with van der Waals surface area (Å²) in [7, 11) is 0. The Kier molecular flexibility index (Phi) is 5.77. The Morgan fingerprint density at radius 1 is 1.15 bits per heavy atom. The third-order valence-corrected chi connectivity index (χ3v) is 3.24. The fraction of sp³-hybridized carbons (Fsp3) is 0.438. The van der Waals surface area contributed by atoms with Gasteiger partial charge in [0.2, 0.25) is 0 Å². The molecule has 1 aromatic carbocycles. The number of hydrogen-bond acceptors (Lipinski definition) is 3. The molecule has 0 spiro atoms. The van der Waals surface area contributed by atoms with Crippen LogP contribution in [0.5, 0.6) is 0 Å². The first-order chi connectivity index (χ1) is 9.81. The lowest BCUT2D eigenvalue weighted by atomic mass is 10.1. The Morgan fingerprint density at radius 2 is 1.90 bits per heavy atom. The molecule has 0 unspecified atom stereocenters. The average Bonchev–Trinajstić information content (AvgIpc) is 2.92. The van der Waals surface area contributed by atoms with Gasteiger partial charge in [-0.1, -0.05) is 31.2 Å². The Morgan fingerprint density at radius 3 is 2.60 bits per heavy atom. The van der Waals surface area contributed by atoms with Crippen molar-refractivity contribution in [1.29, 1.82) is 0 Å². The van der Waals surface area contributed by atoms with Crippen LogP contribution in [0.1, 0.15) is 30.2 Å². The van der Waals surface area contributed by atoms with Crippen LogP contribution in [0.2, 0.25) is 0 Å². The molecule has 2 rings (SSSR count). The van der Waals surface area contributed by atoms with Gasteiger partial charge in [-0.2, -0.15) is 0 Å². The van der Waals surface area contributed by atoms with Crippen molar-refractivity contribution >= 4 is 0 Å². The quantitative estimate of drug-likeness (QED) is 0.723. The predicted octanol–water partition coefficient (Wildman–Crippen LogP) is 1.97. The number of rotatable bonds is 8. The summed E-state index contributed by atoms with van der Waals surface area (Å²) >= 11 is 0. The molecule has 2 N–H and O–H groups in total. The molecule has 1 aromatic heterocycles. The molecule has 0 radical (unpaired) electrons. The molecule has 4 nitrogen and oxygen atoms in total. The molecule has 0 saturated heterocycles. The van der Waals surface area contributed by atoms with Crippen molar-refractivity contribution in [2.24, 2.45) is 0 Å². The van der Waals surface area contributed by atoms with Crippen LogP contribution in [-0.2, 0) is 19.6 Å². The molecule has 2 aromatic rings. The molecule has 0 bridgehead atoms. The molecule has 0 aliphatic carbocycles. The highest BCUT2D eigenvalue weighted by Gasteiger charge is 2.00. The molecule has 0 amide bonds. The van der Waals surface area contributed by atoms with Crippen LogP contribution >= 0.6 is 0 Å². The van der Waals surface area contributed by atoms with Crippen LogP contribution in [0.15, 0.2) is 36.8 Å². The van der Waals surface area contributed by atoms with E-state index in [2.05, 4.69) is 28.0 Å². The van der Waals surface area contributed by atoms with Crippen molar-refractivity contribution in [2.45, 2.75) is 32.9 Å². The highest BCUT2D eigenvalue weighted by atomic mass is 16.3. The van der Waals surface area contributed by atoms with Gasteiger partial charge in [0.1, 0.15) is 0 Å². The molecule has 0 aliphatic rings. The number of aromatic nitrogens is 2. The lowest BCUT2D eigenvalue weighted by Crippen LogP contribution is -2.17. The molecule has 0 fully saturated rings. The summed E-state index contributed by atoms with van der Waals surface area (Å²) in [6.07, 6.45) is 6.12. The van der Waals surface area contributed by atoms with Crippen LogP contribution in [0.25, 0.3) is 0 Å². The van der Waals surface area contributed by atoms with Gasteiger partial charge in [-0.05, 0) is 24.1 Å². The number of imidazole rings is 1. The zero-order chi connectivity index (χ0) is 14.2. The number of nitrogens with zero attached hydrogens (tertiary/aromatic N) is 2. The predicted molar refractivity (Wildman–Crippen MR) is 80.6 cm³/mol. The van der Waals surface area contributed by atoms with E-state index in [-0.39, 0.29) is 6.61 Å². The lowest BCUT2D eigenvalue weighted by molar-refractivity contribution is 0.282. The third kappa shape index (κ3) is 4.47. The van der Waals surface area contributed by atoms with Crippen molar-refractivity contribution in [3.63, 3.8) is 0 Å². The van der Waals surface area contributed by atoms with Crippen molar-refractivity contribution in [3.05, 3.63) is 53.6 Å². The average molecular weight is 273 g/mol. The highest BCUT2D eigenvalue weighted by molar-refractivity contribution is 5.22. The zero-order valence-electron chi connectivity index (χ0n) is 12.0. The smallest absolute Gasteiger partial charge is 0.0952 e. The summed E-state index contributed by atoms with van der Waals surface area (Å²) in [6.45, 7) is 5.14. The van der Waals surface area contributed by atoms with Crippen molar-refractivity contribution < 1.29 is 5.11 Å². The van der Waals surface area contributed by atoms with Gasteiger partial charge in [-0.15, -0.1) is 0 Å². The first-order valence-electron chi connectivity index (χ1n) is 7.22. The summed E-state index contributed by atoms with van der Waals surface area (Å²) in [4.78, 5) is 4.43. The van der Waals surface area contributed by atoms with Crippen molar-refractivity contribution in [1.82, 2.24) is 14.9 Å². The van der Waals surface area contributed by atoms with Crippen molar-refractivity contribution in [3.8, 4) is 0 Å². The molecule has 0 saturated carbocycles. The summed E-state index contributed by atoms with van der Waals surface area (Å²) in [5.74, 6) is 0. The van der Waals surface area contributed by atoms with E-state index in [1.54, 1.807) is 0 Å². The van der Waals surface area contributed by atoms with E-state index in [1.165, 1.54) is 5.56 Å². The maximum absolute atomic E-state index is 9.02. The Bertz CT molecular complexity index is 505. The Hall–Kier alpha value is -1.65. The van der Waals surface area contributed by atoms with E-state index in [1.807, 2.05) is 30.6 Å². The Labute approximate surface area is 120 Å². The molecule has 20 heavy (non-hydrogen) atoms. The normalized spacial score (nSPS) is 10.9. The highest BCUT2D eigenvalue weighted by Crippen LogP contribution is 2.07. The van der Waals surface area contributed by atoms with E-state index >= 15 is 0 Å². The number of hydrogen-bond donors (Lipinski definition) is 2. The zero-order valence-corrected chi connectivity index (χ0v) is 12.0. The van der Waals surface area contributed by atoms with Gasteiger partial charge >= 0.3 is 0 Å². The topological polar surface area (TPSA) is 50.1 Å². The summed E-state index contributed by atoms with van der Waals surface area (Å²) < 4.78 is 2.10. The first-order valence-corrected chi connectivity index (χ1v) is 7.22. The standard InChI is InChI=1S/C16H23N3O/c1-2-8-17-9-7-16-11-19(13-18-16)10-14-3-5-15(12-20)6-4-14/h3-6,11,13,17,20H,2,7-10,12H2,1H3. The monoisotopic (exact) mass is 273 g/mol. The molecule has 1 heterocycles. The van der Waals surface area contributed by atoms with E-state index in [0.29, 0.717) is 0 Å². The van der Waals surface area contributed by atoms with Gasteiger partial charge in [-0.25, -0.2) is 4.98 Å². The number of aliphatic hydroxyl groups excluding tert-OH is 1. The molecular weight excluding hydrogens is 250 g/mol. The molecule has 4 heteroatoms. The summed E-state index contributed by atoms with van der Waals surface area (Å²) in [5, 5.41) is 12.4. The van der Waals surface area contributed by atoms with Gasteiger partial charge in [0.25, 0.3) is 0 Å². The van der Waals surface area contributed by atoms with Gasteiger partial charge in [0, 0.05) is 25.7 Å². The van der Waals surface area contributed by atoms with Gasteiger partial charge in [0.15, 0.2) is 0 Å². The largest absolute Gasteiger partial charge is 0.392 e. The Balaban J connectivity index is 1.85. The maximum Gasteiger partial charge on any atom is 0.0952 e. The molecule has 0 aliphatic heterocycles. The van der Waals surface area contributed by atoms with Crippen LogP contribution in [0, 0.1) is 0 Å². The van der Waals surface area contributed by atoms with E-state index in [9.17, 15) is 0 Å². The number of benzene rings is 1. The number of nitrogens with one attached hydrogen (secondary N) is 1. The molecule has 108 valence electrons. The van der Waals surface area contributed by atoms with Crippen LogP contribution in [0.4, 0.5) is 0 Å². The van der Waals surface area contributed by atoms with E-state index in [4.69, 9.17) is 5.11 Å². The first kappa shape index (κ1) is 14.8. The fourth-order valence-electron chi connectivity index (χ4n) is 2.10. The fourth-order valence-corrected chi connectivity index (χ4v) is 2.10. The van der Waals surface area contributed by atoms with Gasteiger partial charge in [-0.3, -0.25) is 0 Å². The van der Waals surface area contributed by atoms with E-state index in [0.717, 1.165) is 43.7 Å². The van der Waals surface area contributed by atoms with Gasteiger partial charge in [0.05, 0.1) is 18.6 Å². The summed E-state index contributed by atoms with van der Waals surface area (Å²) in [5.41, 5.74) is 3.29. The minimum atomic E-state index is 0.0975. The molecular formula is C16H23N3O. The van der Waals surface area contributed by atoms with Crippen LogP contribution in [-0.4, -0.2) is 27.7 Å². The summed E-state index contributed by atoms with van der Waals surface area (Å²) in [6, 6.07) is 8.02. The minimum Gasteiger partial charge on any atom is -0.392 e. The third-order valence-electron chi connectivity index (χ3n) is 3.24. The second-order valence-electron chi connectivity index (χ2n) is 5.01. The van der Waals surface area contributed by atoms with E-state index < -0.39 is 0 Å². The second kappa shape index (κ2) is 7.82. The van der Waals surface area contributed by atoms with Crippen LogP contribution in [0.3, 0.4) is 0 Å². The second-order valence-corrected chi connectivity index (χ2v) is 5.01. The van der Waals surface area contributed by atoms with Gasteiger partial charge < -0.3 is 15.0 Å². The van der Waals surface area contributed by atoms with Crippen LogP contribution < -0.4 is 5.32 Å².